The summed E-state index contributed by atoms with van der Waals surface area (Å²) in [5.74, 6) is 5.87. The SMILES string of the molecule is CC.NCC1CCCN(CCOCCOCC#CCO)C1. The first-order valence-corrected chi connectivity index (χ1v) is 8.01. The summed E-state index contributed by atoms with van der Waals surface area (Å²) in [6, 6.07) is 0. The molecule has 0 spiro atoms. The number of rotatable bonds is 8. The van der Waals surface area contributed by atoms with Crippen LogP contribution in [0, 0.1) is 17.8 Å². The second-order valence-corrected chi connectivity index (χ2v) is 4.72. The quantitative estimate of drug-likeness (QED) is 0.510. The van der Waals surface area contributed by atoms with Crippen molar-refractivity contribution in [1.29, 1.82) is 0 Å². The molecule has 0 aromatic heterocycles. The summed E-state index contributed by atoms with van der Waals surface area (Å²) in [5, 5.41) is 8.43. The average molecular weight is 300 g/mol. The summed E-state index contributed by atoms with van der Waals surface area (Å²) in [5.41, 5.74) is 5.71. The van der Waals surface area contributed by atoms with Crippen LogP contribution in [0.4, 0.5) is 0 Å². The van der Waals surface area contributed by atoms with Gasteiger partial charge in [-0.15, -0.1) is 0 Å². The van der Waals surface area contributed by atoms with Crippen molar-refractivity contribution < 1.29 is 14.6 Å². The van der Waals surface area contributed by atoms with E-state index in [-0.39, 0.29) is 6.61 Å². The molecule has 5 heteroatoms. The zero-order valence-electron chi connectivity index (χ0n) is 13.6. The Balaban J connectivity index is 0.00000191. The molecule has 1 unspecified atom stereocenters. The number of piperidine rings is 1. The first-order chi connectivity index (χ1) is 10.4. The molecule has 3 N–H and O–H groups in total. The number of aliphatic hydroxyl groups excluding tert-OH is 1. The minimum absolute atomic E-state index is 0.112. The van der Waals surface area contributed by atoms with Crippen molar-refractivity contribution in [2.24, 2.45) is 11.7 Å². The standard InChI is InChI=1S/C14H26N2O3.C2H6/c15-12-14-4-3-5-16(13-14)6-9-19-11-10-18-8-2-1-7-17;1-2/h14,17H,3-13,15H2;1-2H3. The summed E-state index contributed by atoms with van der Waals surface area (Å²) in [4.78, 5) is 2.43. The molecular weight excluding hydrogens is 268 g/mol. The summed E-state index contributed by atoms with van der Waals surface area (Å²) < 4.78 is 10.7. The molecule has 124 valence electrons. The smallest absolute Gasteiger partial charge is 0.107 e. The van der Waals surface area contributed by atoms with Gasteiger partial charge in [-0.05, 0) is 31.8 Å². The zero-order valence-corrected chi connectivity index (χ0v) is 13.6. The Bertz CT molecular complexity index is 276. The fraction of sp³-hybridized carbons (Fsp3) is 0.875. The molecule has 0 aromatic rings. The van der Waals surface area contributed by atoms with Crippen molar-refractivity contribution in [1.82, 2.24) is 4.90 Å². The third-order valence-electron chi connectivity index (χ3n) is 3.24. The molecule has 1 aliphatic heterocycles. The second-order valence-electron chi connectivity index (χ2n) is 4.72. The lowest BCUT2D eigenvalue weighted by molar-refractivity contribution is 0.0426. The van der Waals surface area contributed by atoms with Gasteiger partial charge < -0.3 is 25.2 Å². The van der Waals surface area contributed by atoms with E-state index in [9.17, 15) is 0 Å². The van der Waals surface area contributed by atoms with Gasteiger partial charge in [0.15, 0.2) is 0 Å². The van der Waals surface area contributed by atoms with Crippen LogP contribution in [-0.2, 0) is 9.47 Å². The van der Waals surface area contributed by atoms with Gasteiger partial charge in [0.05, 0.1) is 19.8 Å². The van der Waals surface area contributed by atoms with Crippen LogP contribution in [0.5, 0.6) is 0 Å². The molecule has 0 saturated carbocycles. The molecule has 1 heterocycles. The van der Waals surface area contributed by atoms with E-state index in [2.05, 4.69) is 16.7 Å². The highest BCUT2D eigenvalue weighted by molar-refractivity contribution is 4.98. The molecule has 1 saturated heterocycles. The lowest BCUT2D eigenvalue weighted by Gasteiger charge is -2.31. The molecule has 1 atom stereocenters. The minimum Gasteiger partial charge on any atom is -0.384 e. The predicted molar refractivity (Wildman–Crippen MR) is 86.1 cm³/mol. The highest BCUT2D eigenvalue weighted by atomic mass is 16.5. The number of nitrogens with zero attached hydrogens (tertiary/aromatic N) is 1. The number of aliphatic hydroxyl groups is 1. The average Bonchev–Trinajstić information content (AvgIpc) is 2.55. The van der Waals surface area contributed by atoms with Gasteiger partial charge >= 0.3 is 0 Å². The van der Waals surface area contributed by atoms with E-state index in [1.807, 2.05) is 13.8 Å². The van der Waals surface area contributed by atoms with E-state index >= 15 is 0 Å². The van der Waals surface area contributed by atoms with Gasteiger partial charge in [0.1, 0.15) is 13.2 Å². The Hall–Kier alpha value is -0.640. The molecule has 21 heavy (non-hydrogen) atoms. The van der Waals surface area contributed by atoms with Crippen LogP contribution in [0.2, 0.25) is 0 Å². The largest absolute Gasteiger partial charge is 0.384 e. The molecule has 0 amide bonds. The molecule has 0 bridgehead atoms. The van der Waals surface area contributed by atoms with Crippen molar-refractivity contribution in [3.05, 3.63) is 0 Å². The van der Waals surface area contributed by atoms with Crippen LogP contribution in [0.15, 0.2) is 0 Å². The van der Waals surface area contributed by atoms with Gasteiger partial charge in [-0.2, -0.15) is 0 Å². The van der Waals surface area contributed by atoms with Crippen molar-refractivity contribution in [3.63, 3.8) is 0 Å². The van der Waals surface area contributed by atoms with Crippen LogP contribution in [0.1, 0.15) is 26.7 Å². The first kappa shape index (κ1) is 20.4. The van der Waals surface area contributed by atoms with E-state index in [1.54, 1.807) is 0 Å². The topological polar surface area (TPSA) is 68.0 Å². The maximum Gasteiger partial charge on any atom is 0.107 e. The number of nitrogens with two attached hydrogens (primary N) is 1. The van der Waals surface area contributed by atoms with E-state index in [4.69, 9.17) is 20.3 Å². The van der Waals surface area contributed by atoms with Gasteiger partial charge in [0.25, 0.3) is 0 Å². The summed E-state index contributed by atoms with van der Waals surface area (Å²) in [7, 11) is 0. The molecular formula is C16H32N2O3. The number of hydrogen-bond donors (Lipinski definition) is 2. The van der Waals surface area contributed by atoms with Gasteiger partial charge in [0, 0.05) is 13.1 Å². The van der Waals surface area contributed by atoms with Crippen molar-refractivity contribution in [2.45, 2.75) is 26.7 Å². The molecule has 5 nitrogen and oxygen atoms in total. The third kappa shape index (κ3) is 11.7. The molecule has 1 fully saturated rings. The van der Waals surface area contributed by atoms with Crippen LogP contribution in [0.3, 0.4) is 0 Å². The van der Waals surface area contributed by atoms with Crippen molar-refractivity contribution in [2.75, 3.05) is 59.2 Å². The first-order valence-electron chi connectivity index (χ1n) is 8.01. The fourth-order valence-corrected chi connectivity index (χ4v) is 2.19. The van der Waals surface area contributed by atoms with Gasteiger partial charge in [-0.1, -0.05) is 25.7 Å². The minimum atomic E-state index is -0.112. The summed E-state index contributed by atoms with van der Waals surface area (Å²) in [6.07, 6.45) is 2.51. The van der Waals surface area contributed by atoms with Crippen molar-refractivity contribution in [3.8, 4) is 11.8 Å². The fourth-order valence-electron chi connectivity index (χ4n) is 2.19. The van der Waals surface area contributed by atoms with E-state index in [0.717, 1.165) is 32.8 Å². The molecule has 1 aliphatic rings. The van der Waals surface area contributed by atoms with E-state index in [0.29, 0.717) is 25.7 Å². The normalized spacial score (nSPS) is 18.4. The number of hydrogen-bond acceptors (Lipinski definition) is 5. The Kier molecular flexibility index (Phi) is 15.3. The second kappa shape index (κ2) is 15.7. The number of likely N-dealkylation sites (tertiary alicyclic amines) is 1. The molecule has 0 aliphatic carbocycles. The Morgan fingerprint density at radius 3 is 2.67 bits per heavy atom. The Labute approximate surface area is 129 Å². The van der Waals surface area contributed by atoms with Gasteiger partial charge in [-0.25, -0.2) is 0 Å². The lowest BCUT2D eigenvalue weighted by Crippen LogP contribution is -2.40. The van der Waals surface area contributed by atoms with E-state index in [1.165, 1.54) is 12.8 Å². The molecule has 0 aromatic carbocycles. The predicted octanol–water partition coefficient (Wildman–Crippen LogP) is 0.712. The lowest BCUT2D eigenvalue weighted by atomic mass is 9.98. The van der Waals surface area contributed by atoms with Crippen LogP contribution in [0.25, 0.3) is 0 Å². The molecule has 1 rings (SSSR count). The summed E-state index contributed by atoms with van der Waals surface area (Å²) in [6.45, 7) is 10.2. The highest BCUT2D eigenvalue weighted by Gasteiger charge is 2.17. The highest BCUT2D eigenvalue weighted by Crippen LogP contribution is 2.14. The summed E-state index contributed by atoms with van der Waals surface area (Å²) >= 11 is 0. The Morgan fingerprint density at radius 1 is 1.19 bits per heavy atom. The number of ether oxygens (including phenoxy) is 2. The monoisotopic (exact) mass is 300 g/mol. The maximum atomic E-state index is 8.43. The Morgan fingerprint density at radius 2 is 1.95 bits per heavy atom. The van der Waals surface area contributed by atoms with Crippen LogP contribution >= 0.6 is 0 Å². The van der Waals surface area contributed by atoms with Crippen LogP contribution < -0.4 is 5.73 Å². The van der Waals surface area contributed by atoms with Crippen LogP contribution in [-0.4, -0.2) is 69.2 Å². The van der Waals surface area contributed by atoms with E-state index < -0.39 is 0 Å². The van der Waals surface area contributed by atoms with Gasteiger partial charge in [0.2, 0.25) is 0 Å². The molecule has 0 radical (unpaired) electrons. The van der Waals surface area contributed by atoms with Crippen molar-refractivity contribution >= 4 is 0 Å². The third-order valence-corrected chi connectivity index (χ3v) is 3.24. The maximum absolute atomic E-state index is 8.43. The zero-order chi connectivity index (χ0) is 15.8. The van der Waals surface area contributed by atoms with Gasteiger partial charge in [-0.3, -0.25) is 0 Å².